The topological polar surface area (TPSA) is 66.5 Å². The first-order chi connectivity index (χ1) is 10.1. The highest BCUT2D eigenvalue weighted by atomic mass is 16.2. The summed E-state index contributed by atoms with van der Waals surface area (Å²) < 4.78 is 0. The number of amides is 3. The maximum Gasteiger partial charge on any atom is 0.243 e. The van der Waals surface area contributed by atoms with Crippen LogP contribution in [0, 0.1) is 0 Å². The van der Waals surface area contributed by atoms with E-state index in [1.807, 2.05) is 30.3 Å². The number of hydrogen-bond acceptors (Lipinski definition) is 3. The van der Waals surface area contributed by atoms with Gasteiger partial charge in [-0.25, -0.2) is 0 Å². The van der Waals surface area contributed by atoms with Gasteiger partial charge in [-0.1, -0.05) is 30.3 Å². The van der Waals surface area contributed by atoms with Gasteiger partial charge in [0, 0.05) is 24.8 Å². The summed E-state index contributed by atoms with van der Waals surface area (Å²) in [6, 6.07) is 9.42. The zero-order chi connectivity index (χ0) is 15.0. The second-order valence-electron chi connectivity index (χ2n) is 5.70. The molecule has 5 heteroatoms. The predicted molar refractivity (Wildman–Crippen MR) is 76.3 cm³/mol. The molecule has 3 amide bonds. The van der Waals surface area contributed by atoms with Crippen LogP contribution in [0.2, 0.25) is 0 Å². The van der Waals surface area contributed by atoms with Crippen molar-refractivity contribution in [3.05, 3.63) is 35.9 Å². The van der Waals surface area contributed by atoms with Crippen LogP contribution in [0.25, 0.3) is 0 Å². The highest BCUT2D eigenvalue weighted by molar-refractivity contribution is 6.05. The molecule has 5 nitrogen and oxygen atoms in total. The van der Waals surface area contributed by atoms with E-state index in [1.54, 1.807) is 6.92 Å². The molecule has 1 saturated carbocycles. The van der Waals surface area contributed by atoms with Crippen LogP contribution in [0.3, 0.4) is 0 Å². The van der Waals surface area contributed by atoms with Crippen LogP contribution in [-0.2, 0) is 14.4 Å². The lowest BCUT2D eigenvalue weighted by molar-refractivity contribution is -0.146. The molecule has 110 valence electrons. The molecule has 3 rings (SSSR count). The summed E-state index contributed by atoms with van der Waals surface area (Å²) in [7, 11) is 0. The number of rotatable bonds is 4. The molecule has 2 fully saturated rings. The lowest BCUT2D eigenvalue weighted by atomic mass is 10.1. The lowest BCUT2D eigenvalue weighted by Crippen LogP contribution is -2.48. The molecule has 0 unspecified atom stereocenters. The van der Waals surface area contributed by atoms with Crippen molar-refractivity contribution in [2.24, 2.45) is 0 Å². The minimum absolute atomic E-state index is 0.107. The lowest BCUT2D eigenvalue weighted by Gasteiger charge is -2.21. The van der Waals surface area contributed by atoms with E-state index in [1.165, 1.54) is 5.56 Å². The molecule has 3 atom stereocenters. The largest absolute Gasteiger partial charge is 0.351 e. The van der Waals surface area contributed by atoms with Gasteiger partial charge in [-0.05, 0) is 18.9 Å². The van der Waals surface area contributed by atoms with E-state index in [4.69, 9.17) is 0 Å². The Morgan fingerprint density at radius 2 is 1.81 bits per heavy atom. The fraction of sp³-hybridized carbons (Fsp3) is 0.438. The SMILES string of the molecule is C[C@H](C(=O)N[C@H]1C[C@H]1c1ccccc1)N1C(=O)CCC1=O. The van der Waals surface area contributed by atoms with Gasteiger partial charge in [0.2, 0.25) is 17.7 Å². The van der Waals surface area contributed by atoms with Gasteiger partial charge in [-0.15, -0.1) is 0 Å². The molecule has 1 aliphatic carbocycles. The maximum absolute atomic E-state index is 12.2. The van der Waals surface area contributed by atoms with Gasteiger partial charge in [0.25, 0.3) is 0 Å². The van der Waals surface area contributed by atoms with Gasteiger partial charge in [0.1, 0.15) is 6.04 Å². The predicted octanol–water partition coefficient (Wildman–Crippen LogP) is 1.20. The van der Waals surface area contributed by atoms with Crippen molar-refractivity contribution >= 4 is 17.7 Å². The standard InChI is InChI=1S/C16H18N2O3/c1-10(18-14(19)7-8-15(18)20)16(21)17-13-9-12(13)11-5-3-2-4-6-11/h2-6,10,12-13H,7-9H2,1H3,(H,17,21)/t10-,12+,13+/m1/s1. The molecule has 1 N–H and O–H groups in total. The molecule has 1 heterocycles. The number of hydrogen-bond donors (Lipinski definition) is 1. The van der Waals surface area contributed by atoms with E-state index in [2.05, 4.69) is 5.32 Å². The number of likely N-dealkylation sites (tertiary alicyclic amines) is 1. The first-order valence-electron chi connectivity index (χ1n) is 7.28. The first-order valence-corrected chi connectivity index (χ1v) is 7.28. The van der Waals surface area contributed by atoms with E-state index in [0.29, 0.717) is 5.92 Å². The fourth-order valence-corrected chi connectivity index (χ4v) is 2.87. The number of carbonyl (C=O) groups excluding carboxylic acids is 3. The molecule has 0 aromatic heterocycles. The summed E-state index contributed by atoms with van der Waals surface area (Å²) in [6.07, 6.45) is 1.34. The molecule has 0 spiro atoms. The van der Waals surface area contributed by atoms with E-state index in [9.17, 15) is 14.4 Å². The summed E-state index contributed by atoms with van der Waals surface area (Å²) in [4.78, 5) is 36.6. The van der Waals surface area contributed by atoms with Crippen LogP contribution in [0.15, 0.2) is 30.3 Å². The van der Waals surface area contributed by atoms with Gasteiger partial charge in [-0.3, -0.25) is 19.3 Å². The zero-order valence-electron chi connectivity index (χ0n) is 11.9. The summed E-state index contributed by atoms with van der Waals surface area (Å²) >= 11 is 0. The highest BCUT2D eigenvalue weighted by Gasteiger charge is 2.42. The Hall–Kier alpha value is -2.17. The third-order valence-electron chi connectivity index (χ3n) is 4.20. The normalized spacial score (nSPS) is 25.9. The van der Waals surface area contributed by atoms with E-state index < -0.39 is 6.04 Å². The maximum atomic E-state index is 12.2. The monoisotopic (exact) mass is 286 g/mol. The second kappa shape index (κ2) is 5.31. The third-order valence-corrected chi connectivity index (χ3v) is 4.20. The summed E-state index contributed by atoms with van der Waals surface area (Å²) in [5, 5.41) is 2.94. The number of nitrogens with zero attached hydrogens (tertiary/aromatic N) is 1. The van der Waals surface area contributed by atoms with Crippen molar-refractivity contribution in [1.82, 2.24) is 10.2 Å². The van der Waals surface area contributed by atoms with Gasteiger partial charge in [-0.2, -0.15) is 0 Å². The number of carbonyl (C=O) groups is 3. The van der Waals surface area contributed by atoms with Crippen molar-refractivity contribution < 1.29 is 14.4 Å². The van der Waals surface area contributed by atoms with E-state index >= 15 is 0 Å². The van der Waals surface area contributed by atoms with Crippen LogP contribution in [0.4, 0.5) is 0 Å². The van der Waals surface area contributed by atoms with Gasteiger partial charge < -0.3 is 5.32 Å². The molecular formula is C16H18N2O3. The van der Waals surface area contributed by atoms with Crippen molar-refractivity contribution in [3.8, 4) is 0 Å². The minimum atomic E-state index is -0.718. The number of benzene rings is 1. The Bertz CT molecular complexity index is 568. The molecular weight excluding hydrogens is 268 g/mol. The zero-order valence-corrected chi connectivity index (χ0v) is 11.9. The van der Waals surface area contributed by atoms with Crippen molar-refractivity contribution in [2.75, 3.05) is 0 Å². The average molecular weight is 286 g/mol. The van der Waals surface area contributed by atoms with Crippen LogP contribution < -0.4 is 5.32 Å². The molecule has 1 saturated heterocycles. The van der Waals surface area contributed by atoms with Crippen molar-refractivity contribution in [2.45, 2.75) is 44.2 Å². The molecule has 1 aromatic rings. The van der Waals surface area contributed by atoms with Crippen LogP contribution in [0.5, 0.6) is 0 Å². The number of imide groups is 1. The quantitative estimate of drug-likeness (QED) is 0.846. The Morgan fingerprint density at radius 3 is 2.43 bits per heavy atom. The molecule has 2 aliphatic rings. The highest BCUT2D eigenvalue weighted by Crippen LogP contribution is 2.40. The second-order valence-corrected chi connectivity index (χ2v) is 5.70. The molecule has 1 aliphatic heterocycles. The number of nitrogens with one attached hydrogen (secondary N) is 1. The third kappa shape index (κ3) is 2.68. The Balaban J connectivity index is 1.58. The van der Waals surface area contributed by atoms with E-state index in [-0.39, 0.29) is 36.6 Å². The van der Waals surface area contributed by atoms with Crippen LogP contribution >= 0.6 is 0 Å². The molecule has 0 bridgehead atoms. The Kier molecular flexibility index (Phi) is 3.49. The molecule has 21 heavy (non-hydrogen) atoms. The Labute approximate surface area is 123 Å². The average Bonchev–Trinajstić information content (AvgIpc) is 3.17. The van der Waals surface area contributed by atoms with Crippen molar-refractivity contribution in [3.63, 3.8) is 0 Å². The van der Waals surface area contributed by atoms with E-state index in [0.717, 1.165) is 11.3 Å². The Morgan fingerprint density at radius 1 is 1.19 bits per heavy atom. The van der Waals surface area contributed by atoms with Crippen LogP contribution in [-0.4, -0.2) is 34.7 Å². The van der Waals surface area contributed by atoms with Gasteiger partial charge in [0.05, 0.1) is 0 Å². The van der Waals surface area contributed by atoms with Gasteiger partial charge in [0.15, 0.2) is 0 Å². The van der Waals surface area contributed by atoms with Gasteiger partial charge >= 0.3 is 0 Å². The van der Waals surface area contributed by atoms with Crippen LogP contribution in [0.1, 0.15) is 37.7 Å². The molecule has 0 radical (unpaired) electrons. The summed E-state index contributed by atoms with van der Waals surface area (Å²) in [5.74, 6) is -0.412. The minimum Gasteiger partial charge on any atom is -0.351 e. The summed E-state index contributed by atoms with van der Waals surface area (Å²) in [6.45, 7) is 1.61. The smallest absolute Gasteiger partial charge is 0.243 e. The van der Waals surface area contributed by atoms with Crippen molar-refractivity contribution in [1.29, 1.82) is 0 Å². The molecule has 1 aromatic carbocycles. The first kappa shape index (κ1) is 13.8. The summed E-state index contributed by atoms with van der Waals surface area (Å²) in [5.41, 5.74) is 1.21. The fourth-order valence-electron chi connectivity index (χ4n) is 2.87.